The lowest BCUT2D eigenvalue weighted by molar-refractivity contribution is -0.136. The molecule has 23 heavy (non-hydrogen) atoms. The summed E-state index contributed by atoms with van der Waals surface area (Å²) < 4.78 is 5.78. The van der Waals surface area contributed by atoms with Crippen molar-refractivity contribution in [2.45, 2.75) is 19.3 Å². The predicted octanol–water partition coefficient (Wildman–Crippen LogP) is 3.81. The van der Waals surface area contributed by atoms with E-state index in [1.54, 1.807) is 0 Å². The van der Waals surface area contributed by atoms with Crippen LogP contribution in [0.4, 0.5) is 0 Å². The molecule has 0 fully saturated rings. The van der Waals surface area contributed by atoms with Gasteiger partial charge in [0.05, 0.1) is 6.61 Å². The number of hydrogen-bond donors (Lipinski definition) is 2. The van der Waals surface area contributed by atoms with Crippen LogP contribution in [0.1, 0.15) is 17.5 Å². The van der Waals surface area contributed by atoms with Gasteiger partial charge in [0.2, 0.25) is 0 Å². The summed E-state index contributed by atoms with van der Waals surface area (Å²) in [7, 11) is 0. The molecule has 0 aliphatic carbocycles. The van der Waals surface area contributed by atoms with E-state index in [0.717, 1.165) is 23.3 Å². The number of ether oxygens (including phenoxy) is 1. The van der Waals surface area contributed by atoms with Gasteiger partial charge in [-0.2, -0.15) is 0 Å². The fourth-order valence-corrected chi connectivity index (χ4v) is 2.62. The fraction of sp³-hybridized carbons (Fsp3) is 0.211. The zero-order chi connectivity index (χ0) is 16.1. The van der Waals surface area contributed by atoms with E-state index in [9.17, 15) is 4.79 Å². The van der Waals surface area contributed by atoms with Crippen LogP contribution >= 0.6 is 0 Å². The van der Waals surface area contributed by atoms with Crippen molar-refractivity contribution in [3.63, 3.8) is 0 Å². The van der Waals surface area contributed by atoms with E-state index in [1.165, 1.54) is 10.9 Å². The lowest BCUT2D eigenvalue weighted by atomic mass is 10.1. The molecule has 0 radical (unpaired) electrons. The molecule has 3 aromatic rings. The molecular formula is C19H19NO3. The number of aromatic nitrogens is 1. The Bertz CT molecular complexity index is 790. The highest BCUT2D eigenvalue weighted by molar-refractivity contribution is 5.83. The van der Waals surface area contributed by atoms with Crippen molar-refractivity contribution in [1.82, 2.24) is 4.98 Å². The molecule has 0 bridgehead atoms. The second-order valence-corrected chi connectivity index (χ2v) is 5.50. The molecule has 0 spiro atoms. The summed E-state index contributed by atoms with van der Waals surface area (Å²) >= 11 is 0. The molecular weight excluding hydrogens is 290 g/mol. The molecule has 4 nitrogen and oxygen atoms in total. The molecule has 1 heterocycles. The number of carbonyl (C=O) groups is 1. The van der Waals surface area contributed by atoms with Gasteiger partial charge in [0.15, 0.2) is 0 Å². The summed E-state index contributed by atoms with van der Waals surface area (Å²) in [6.07, 6.45) is 3.57. The van der Waals surface area contributed by atoms with Crippen LogP contribution in [0.15, 0.2) is 54.7 Å². The maximum absolute atomic E-state index is 10.6. The minimum Gasteiger partial charge on any atom is -0.493 e. The second kappa shape index (κ2) is 7.01. The minimum atomic E-state index is -0.774. The van der Waals surface area contributed by atoms with E-state index < -0.39 is 5.97 Å². The number of H-pyrrole nitrogens is 1. The Morgan fingerprint density at radius 1 is 1.04 bits per heavy atom. The number of para-hydroxylation sites is 1. The molecule has 0 atom stereocenters. The number of nitrogens with one attached hydrogen (secondary N) is 1. The highest BCUT2D eigenvalue weighted by atomic mass is 16.5. The lowest BCUT2D eigenvalue weighted by Crippen LogP contribution is -2.01. The number of benzene rings is 2. The van der Waals surface area contributed by atoms with E-state index in [2.05, 4.69) is 17.1 Å². The van der Waals surface area contributed by atoms with Gasteiger partial charge >= 0.3 is 5.97 Å². The first-order chi connectivity index (χ1) is 11.2. The fourth-order valence-electron chi connectivity index (χ4n) is 2.62. The van der Waals surface area contributed by atoms with Gasteiger partial charge in [-0.25, -0.2) is 0 Å². The van der Waals surface area contributed by atoms with Crippen molar-refractivity contribution in [3.8, 4) is 5.75 Å². The van der Waals surface area contributed by atoms with Gasteiger partial charge in [-0.3, -0.25) is 4.79 Å². The average Bonchev–Trinajstić information content (AvgIpc) is 2.97. The number of hydrogen-bond acceptors (Lipinski definition) is 2. The van der Waals surface area contributed by atoms with Gasteiger partial charge < -0.3 is 14.8 Å². The Labute approximate surface area is 134 Å². The third-order valence-corrected chi connectivity index (χ3v) is 3.87. The van der Waals surface area contributed by atoms with Crippen LogP contribution in [0.5, 0.6) is 5.75 Å². The summed E-state index contributed by atoms with van der Waals surface area (Å²) in [5, 5.41) is 9.92. The Hall–Kier alpha value is -2.75. The van der Waals surface area contributed by atoms with E-state index in [4.69, 9.17) is 9.84 Å². The van der Waals surface area contributed by atoms with Crippen molar-refractivity contribution in [3.05, 3.63) is 65.9 Å². The van der Waals surface area contributed by atoms with E-state index >= 15 is 0 Å². The molecule has 2 N–H and O–H groups in total. The molecule has 3 rings (SSSR count). The van der Waals surface area contributed by atoms with Gasteiger partial charge in [0.1, 0.15) is 5.75 Å². The molecule has 4 heteroatoms. The zero-order valence-electron chi connectivity index (χ0n) is 12.8. The van der Waals surface area contributed by atoms with E-state index in [1.807, 2.05) is 42.6 Å². The smallest absolute Gasteiger partial charge is 0.303 e. The number of aromatic amines is 1. The van der Waals surface area contributed by atoms with Crippen molar-refractivity contribution >= 4 is 16.9 Å². The molecule has 1 aromatic heterocycles. The van der Waals surface area contributed by atoms with E-state index in [-0.39, 0.29) is 6.42 Å². The van der Waals surface area contributed by atoms with Gasteiger partial charge in [0, 0.05) is 29.9 Å². The van der Waals surface area contributed by atoms with Gasteiger partial charge in [-0.05, 0) is 35.7 Å². The quantitative estimate of drug-likeness (QED) is 0.697. The molecule has 0 aliphatic heterocycles. The first kappa shape index (κ1) is 15.2. The number of aryl methyl sites for hydroxylation is 1. The summed E-state index contributed by atoms with van der Waals surface area (Å²) in [6, 6.07) is 15.9. The Morgan fingerprint density at radius 2 is 1.83 bits per heavy atom. The minimum absolute atomic E-state index is 0.154. The van der Waals surface area contributed by atoms with Crippen molar-refractivity contribution in [2.24, 2.45) is 0 Å². The number of carboxylic acids is 1. The SMILES string of the molecule is O=C(O)CCc1ccc(OCCc2c[nH]c3ccccc23)cc1. The van der Waals surface area contributed by atoms with Gasteiger partial charge in [0.25, 0.3) is 0 Å². The third-order valence-electron chi connectivity index (χ3n) is 3.87. The van der Waals surface area contributed by atoms with Crippen LogP contribution in [0.3, 0.4) is 0 Å². The number of rotatable bonds is 7. The number of fused-ring (bicyclic) bond motifs is 1. The monoisotopic (exact) mass is 309 g/mol. The van der Waals surface area contributed by atoms with Crippen LogP contribution in [0.2, 0.25) is 0 Å². The molecule has 118 valence electrons. The summed E-state index contributed by atoms with van der Waals surface area (Å²) in [5.74, 6) is 0.0352. The molecule has 0 saturated carbocycles. The Kier molecular flexibility index (Phi) is 4.62. The van der Waals surface area contributed by atoms with Gasteiger partial charge in [-0.15, -0.1) is 0 Å². The third kappa shape index (κ3) is 3.92. The first-order valence-electron chi connectivity index (χ1n) is 7.71. The Morgan fingerprint density at radius 3 is 2.61 bits per heavy atom. The predicted molar refractivity (Wildman–Crippen MR) is 89.9 cm³/mol. The first-order valence-corrected chi connectivity index (χ1v) is 7.71. The molecule has 2 aromatic carbocycles. The molecule has 0 amide bonds. The topological polar surface area (TPSA) is 62.3 Å². The summed E-state index contributed by atoms with van der Waals surface area (Å²) in [5.41, 5.74) is 3.40. The lowest BCUT2D eigenvalue weighted by Gasteiger charge is -2.07. The van der Waals surface area contributed by atoms with Crippen LogP contribution in [0, 0.1) is 0 Å². The Balaban J connectivity index is 1.53. The van der Waals surface area contributed by atoms with Gasteiger partial charge in [-0.1, -0.05) is 30.3 Å². The van der Waals surface area contributed by atoms with Crippen molar-refractivity contribution in [1.29, 1.82) is 0 Å². The second-order valence-electron chi connectivity index (χ2n) is 5.50. The zero-order valence-corrected chi connectivity index (χ0v) is 12.8. The van der Waals surface area contributed by atoms with E-state index in [0.29, 0.717) is 13.0 Å². The normalized spacial score (nSPS) is 10.8. The van der Waals surface area contributed by atoms with Crippen molar-refractivity contribution in [2.75, 3.05) is 6.61 Å². The molecule has 0 aliphatic rings. The standard InChI is InChI=1S/C19H19NO3/c21-19(22)10-7-14-5-8-16(9-6-14)23-12-11-15-13-20-18-4-2-1-3-17(15)18/h1-6,8-9,13,20H,7,10-12H2,(H,21,22). The molecule has 0 saturated heterocycles. The average molecular weight is 309 g/mol. The highest BCUT2D eigenvalue weighted by Gasteiger charge is 2.04. The molecule has 0 unspecified atom stereocenters. The van der Waals surface area contributed by atoms with Crippen LogP contribution in [-0.4, -0.2) is 22.7 Å². The maximum atomic E-state index is 10.6. The summed E-state index contributed by atoms with van der Waals surface area (Å²) in [4.78, 5) is 13.8. The maximum Gasteiger partial charge on any atom is 0.303 e. The highest BCUT2D eigenvalue weighted by Crippen LogP contribution is 2.19. The summed E-state index contributed by atoms with van der Waals surface area (Å²) in [6.45, 7) is 0.607. The van der Waals surface area contributed by atoms with Crippen molar-refractivity contribution < 1.29 is 14.6 Å². The number of carboxylic acid groups (broad SMARTS) is 1. The van der Waals surface area contributed by atoms with Crippen LogP contribution < -0.4 is 4.74 Å². The van der Waals surface area contributed by atoms with Crippen LogP contribution in [0.25, 0.3) is 10.9 Å². The van der Waals surface area contributed by atoms with Crippen LogP contribution in [-0.2, 0) is 17.6 Å². The largest absolute Gasteiger partial charge is 0.493 e. The number of aliphatic carboxylic acids is 1.